The Labute approximate surface area is 334 Å². The number of thiophene rings is 1. The molecule has 2 aliphatic rings. The number of ether oxygens (including phenoxy) is 2. The first-order chi connectivity index (χ1) is 27.1. The highest BCUT2D eigenvalue weighted by Crippen LogP contribution is 2.24. The van der Waals surface area contributed by atoms with E-state index in [1.807, 2.05) is 54.6 Å². The monoisotopic (exact) mass is 794 g/mol. The van der Waals surface area contributed by atoms with Gasteiger partial charge in [0.05, 0.1) is 0 Å². The Morgan fingerprint density at radius 3 is 2.09 bits per heavy atom. The first kappa shape index (κ1) is 41.9. The van der Waals surface area contributed by atoms with Gasteiger partial charge in [0.15, 0.2) is 6.61 Å². The number of rotatable bonds is 9. The number of carboxylic acid groups (broad SMARTS) is 1. The minimum atomic E-state index is -1.42. The highest BCUT2D eigenvalue weighted by Gasteiger charge is 2.34. The fraction of sp³-hybridized carbons (Fsp3) is 0.302. The Hall–Kier alpha value is -6.28. The summed E-state index contributed by atoms with van der Waals surface area (Å²) in [5.41, 5.74) is 2.54. The molecule has 1 aromatic heterocycles. The van der Waals surface area contributed by atoms with Crippen molar-refractivity contribution in [3.05, 3.63) is 119 Å². The summed E-state index contributed by atoms with van der Waals surface area (Å²) in [6, 6.07) is 21.4. The summed E-state index contributed by atoms with van der Waals surface area (Å²) in [4.78, 5) is 81.5. The molecular formula is C43H46N4O9S. The second-order valence-electron chi connectivity index (χ2n) is 14.6. The van der Waals surface area contributed by atoms with E-state index in [0.717, 1.165) is 11.1 Å². The van der Waals surface area contributed by atoms with E-state index in [2.05, 4.69) is 27.8 Å². The molecule has 0 spiro atoms. The highest BCUT2D eigenvalue weighted by atomic mass is 32.1. The fourth-order valence-corrected chi connectivity index (χ4v) is 6.79. The molecular weight excluding hydrogens is 749 g/mol. The van der Waals surface area contributed by atoms with Gasteiger partial charge in [0.25, 0.3) is 5.91 Å². The van der Waals surface area contributed by atoms with Crippen LogP contribution in [0, 0.1) is 0 Å². The number of benzene rings is 3. The largest absolute Gasteiger partial charge is 0.484 e. The van der Waals surface area contributed by atoms with Crippen LogP contribution in [0.2, 0.25) is 0 Å². The third-order valence-electron chi connectivity index (χ3n) is 8.93. The lowest BCUT2D eigenvalue weighted by molar-refractivity contribution is -0.155. The van der Waals surface area contributed by atoms with Crippen molar-refractivity contribution in [2.45, 2.75) is 76.2 Å². The summed E-state index contributed by atoms with van der Waals surface area (Å²) in [6.07, 6.45) is -0.709. The Balaban J connectivity index is 1.51. The quantitative estimate of drug-likeness (QED) is 0.121. The van der Waals surface area contributed by atoms with Crippen molar-refractivity contribution in [1.29, 1.82) is 0 Å². The molecule has 298 valence electrons. The number of nitrogens with one attached hydrogen (secondary N) is 4. The van der Waals surface area contributed by atoms with Gasteiger partial charge >= 0.3 is 11.9 Å². The Bertz CT molecular complexity index is 2060. The smallest absolute Gasteiger partial charge is 0.326 e. The number of carboxylic acids is 1. The predicted octanol–water partition coefficient (Wildman–Crippen LogP) is 4.45. The summed E-state index contributed by atoms with van der Waals surface area (Å²) in [5, 5.41) is 22.5. The second kappa shape index (κ2) is 19.0. The lowest BCUT2D eigenvalue weighted by Gasteiger charge is -2.27. The average Bonchev–Trinajstić information content (AvgIpc) is 3.72. The molecule has 0 aliphatic carbocycles. The third-order valence-corrected chi connectivity index (χ3v) is 9.87. The number of hydrogen-bond donors (Lipinski definition) is 5. The zero-order valence-electron chi connectivity index (χ0n) is 31.9. The Morgan fingerprint density at radius 2 is 1.46 bits per heavy atom. The minimum absolute atomic E-state index is 0.0476. The van der Waals surface area contributed by atoms with Crippen LogP contribution in [0.3, 0.4) is 0 Å². The van der Waals surface area contributed by atoms with Crippen LogP contribution >= 0.6 is 11.3 Å². The molecule has 57 heavy (non-hydrogen) atoms. The van der Waals surface area contributed by atoms with E-state index < -0.39 is 71.9 Å². The van der Waals surface area contributed by atoms with Crippen LogP contribution in [0.4, 0.5) is 0 Å². The van der Waals surface area contributed by atoms with Crippen molar-refractivity contribution in [3.8, 4) is 16.9 Å². The molecule has 4 unspecified atom stereocenters. The predicted molar refractivity (Wildman–Crippen MR) is 215 cm³/mol. The molecule has 6 rings (SSSR count). The van der Waals surface area contributed by atoms with Crippen LogP contribution < -0.4 is 26.0 Å². The minimum Gasteiger partial charge on any atom is -0.484 e. The SMILES string of the molecule is C=C(c1cccs1)C1NC(=O)COc2ccc(cc2)CC(C(=O)O)NC(=O)C(CCC(=O)OC(C)(C)C)NC(=O)C(Cc2ccc(-c3ccccc3)cc2)NC1=O. The summed E-state index contributed by atoms with van der Waals surface area (Å²) in [7, 11) is 0. The van der Waals surface area contributed by atoms with E-state index >= 15 is 0 Å². The summed E-state index contributed by atoms with van der Waals surface area (Å²) in [5.74, 6) is -4.71. The van der Waals surface area contributed by atoms with E-state index in [-0.39, 0.29) is 31.3 Å². The van der Waals surface area contributed by atoms with Crippen LogP contribution in [-0.2, 0) is 46.3 Å². The fourth-order valence-electron chi connectivity index (χ4n) is 6.06. The maximum absolute atomic E-state index is 14.3. The molecule has 3 aromatic carbocycles. The van der Waals surface area contributed by atoms with E-state index in [0.29, 0.717) is 21.8 Å². The summed E-state index contributed by atoms with van der Waals surface area (Å²) in [6.45, 7) is 8.71. The van der Waals surface area contributed by atoms with Crippen molar-refractivity contribution in [1.82, 2.24) is 21.3 Å². The van der Waals surface area contributed by atoms with Gasteiger partial charge in [-0.25, -0.2) is 4.79 Å². The van der Waals surface area contributed by atoms with Crippen molar-refractivity contribution in [2.75, 3.05) is 6.61 Å². The number of carbonyl (C=O) groups is 6. The number of esters is 1. The average molecular weight is 795 g/mol. The molecule has 5 N–H and O–H groups in total. The first-order valence-electron chi connectivity index (χ1n) is 18.4. The van der Waals surface area contributed by atoms with Gasteiger partial charge in [-0.2, -0.15) is 0 Å². The van der Waals surface area contributed by atoms with E-state index in [9.17, 15) is 33.9 Å². The number of fused-ring (bicyclic) bond motifs is 16. The Kier molecular flexibility index (Phi) is 14.0. The highest BCUT2D eigenvalue weighted by molar-refractivity contribution is 7.11. The van der Waals surface area contributed by atoms with Crippen molar-refractivity contribution in [2.24, 2.45) is 0 Å². The van der Waals surface area contributed by atoms with Crippen LogP contribution in [0.15, 0.2) is 103 Å². The zero-order chi connectivity index (χ0) is 41.1. The van der Waals surface area contributed by atoms with Gasteiger partial charge in [-0.05, 0) is 78.6 Å². The molecule has 2 bridgehead atoms. The first-order valence-corrected chi connectivity index (χ1v) is 19.3. The molecule has 0 saturated carbocycles. The Morgan fingerprint density at radius 1 is 0.807 bits per heavy atom. The van der Waals surface area contributed by atoms with Crippen molar-refractivity contribution >= 4 is 52.5 Å². The van der Waals surface area contributed by atoms with Gasteiger partial charge in [-0.3, -0.25) is 24.0 Å². The molecule has 2 aliphatic heterocycles. The molecule has 4 atom stereocenters. The molecule has 0 saturated heterocycles. The standard InChI is InChI=1S/C43H46N4O9S/c1-26(35-11-8-22-57-35)38-41(52)45-33(23-27-12-16-30(17-13-27)29-9-6-5-7-10-29)40(51)44-32(20-21-37(49)56-43(2,3)4)39(50)46-34(42(53)54)24-28-14-18-31(19-15-28)55-25-36(48)47-38/h5-19,22,32-34,38H,1,20-21,23-25H2,2-4H3,(H,44,51)(H,45,52)(H,46,50)(H,47,48)(H,53,54). The zero-order valence-corrected chi connectivity index (χ0v) is 32.7. The van der Waals surface area contributed by atoms with Crippen LogP contribution in [-0.4, -0.2) is 77.0 Å². The van der Waals surface area contributed by atoms with Gasteiger partial charge in [0.2, 0.25) is 17.7 Å². The van der Waals surface area contributed by atoms with Gasteiger partial charge in [-0.15, -0.1) is 11.3 Å². The number of aliphatic carboxylic acids is 1. The summed E-state index contributed by atoms with van der Waals surface area (Å²) < 4.78 is 11.1. The van der Waals surface area contributed by atoms with Crippen LogP contribution in [0.5, 0.6) is 5.75 Å². The molecule has 3 heterocycles. The van der Waals surface area contributed by atoms with Crippen molar-refractivity contribution in [3.63, 3.8) is 0 Å². The normalized spacial score (nSPS) is 19.6. The molecule has 4 amide bonds. The molecule has 0 fully saturated rings. The third kappa shape index (κ3) is 12.4. The van der Waals surface area contributed by atoms with E-state index in [1.54, 1.807) is 62.5 Å². The number of carbonyl (C=O) groups excluding carboxylic acids is 5. The van der Waals surface area contributed by atoms with E-state index in [4.69, 9.17) is 9.47 Å². The number of hydrogen-bond acceptors (Lipinski definition) is 9. The van der Waals surface area contributed by atoms with Crippen molar-refractivity contribution < 1.29 is 43.3 Å². The lowest BCUT2D eigenvalue weighted by atomic mass is 9.99. The molecule has 0 radical (unpaired) electrons. The van der Waals surface area contributed by atoms with Gasteiger partial charge in [0, 0.05) is 24.1 Å². The van der Waals surface area contributed by atoms with Crippen LogP contribution in [0.25, 0.3) is 16.7 Å². The molecule has 4 aromatic rings. The maximum atomic E-state index is 14.3. The topological polar surface area (TPSA) is 189 Å². The molecule has 13 nitrogen and oxygen atoms in total. The van der Waals surface area contributed by atoms with Gasteiger partial charge < -0.3 is 35.8 Å². The van der Waals surface area contributed by atoms with Crippen LogP contribution in [0.1, 0.15) is 49.6 Å². The maximum Gasteiger partial charge on any atom is 0.326 e. The molecule has 14 heteroatoms. The van der Waals surface area contributed by atoms with Gasteiger partial charge in [0.1, 0.15) is 35.5 Å². The van der Waals surface area contributed by atoms with E-state index in [1.165, 1.54) is 11.3 Å². The van der Waals surface area contributed by atoms with Gasteiger partial charge in [-0.1, -0.05) is 79.4 Å². The summed E-state index contributed by atoms with van der Waals surface area (Å²) >= 11 is 1.31. The number of amides is 4. The lowest BCUT2D eigenvalue weighted by Crippen LogP contribution is -2.58. The second-order valence-corrected chi connectivity index (χ2v) is 15.5.